The molecular formula is C15H31NO. The first-order chi connectivity index (χ1) is 8.31. The van der Waals surface area contributed by atoms with E-state index in [9.17, 15) is 0 Å². The molecule has 0 radical (unpaired) electrons. The SMILES string of the molecule is CCNC(CCC1CCCCO1)C(CC)CC. The molecule has 0 saturated carbocycles. The van der Waals surface area contributed by atoms with Crippen LogP contribution in [0.1, 0.15) is 65.7 Å². The van der Waals surface area contributed by atoms with Crippen molar-refractivity contribution in [2.24, 2.45) is 5.92 Å². The van der Waals surface area contributed by atoms with Crippen LogP contribution >= 0.6 is 0 Å². The quantitative estimate of drug-likeness (QED) is 0.699. The van der Waals surface area contributed by atoms with Crippen molar-refractivity contribution >= 4 is 0 Å². The standard InChI is InChI=1S/C15H31NO/c1-4-13(5-2)15(16-6-3)11-10-14-9-7-8-12-17-14/h13-16H,4-12H2,1-3H3. The zero-order valence-corrected chi connectivity index (χ0v) is 12.0. The number of hydrogen-bond donors (Lipinski definition) is 1. The molecule has 102 valence electrons. The van der Waals surface area contributed by atoms with Gasteiger partial charge in [0.1, 0.15) is 0 Å². The normalized spacial score (nSPS) is 22.9. The second-order valence-corrected chi connectivity index (χ2v) is 5.31. The van der Waals surface area contributed by atoms with Crippen LogP contribution in [0.2, 0.25) is 0 Å². The minimum absolute atomic E-state index is 0.541. The Kier molecular flexibility index (Phi) is 7.87. The minimum atomic E-state index is 0.541. The smallest absolute Gasteiger partial charge is 0.0575 e. The van der Waals surface area contributed by atoms with Gasteiger partial charge in [-0.05, 0) is 44.6 Å². The molecule has 0 spiro atoms. The minimum Gasteiger partial charge on any atom is -0.378 e. The summed E-state index contributed by atoms with van der Waals surface area (Å²) in [5, 5.41) is 3.67. The Hall–Kier alpha value is -0.0800. The predicted octanol–water partition coefficient (Wildman–Crippen LogP) is 3.75. The van der Waals surface area contributed by atoms with E-state index < -0.39 is 0 Å². The lowest BCUT2D eigenvalue weighted by molar-refractivity contribution is 0.00740. The van der Waals surface area contributed by atoms with Crippen LogP contribution in [0, 0.1) is 5.92 Å². The van der Waals surface area contributed by atoms with Gasteiger partial charge < -0.3 is 10.1 Å². The van der Waals surface area contributed by atoms with Crippen LogP contribution in [0.5, 0.6) is 0 Å². The van der Waals surface area contributed by atoms with Crippen LogP contribution in [-0.2, 0) is 4.74 Å². The van der Waals surface area contributed by atoms with Gasteiger partial charge in [0.05, 0.1) is 6.10 Å². The van der Waals surface area contributed by atoms with E-state index in [-0.39, 0.29) is 0 Å². The average molecular weight is 241 g/mol. The van der Waals surface area contributed by atoms with Crippen molar-refractivity contribution < 1.29 is 4.74 Å². The maximum atomic E-state index is 5.83. The first kappa shape index (κ1) is 15.0. The molecule has 0 aromatic heterocycles. The van der Waals surface area contributed by atoms with Gasteiger partial charge in [-0.15, -0.1) is 0 Å². The fourth-order valence-electron chi connectivity index (χ4n) is 3.02. The van der Waals surface area contributed by atoms with Gasteiger partial charge in [-0.25, -0.2) is 0 Å². The zero-order valence-electron chi connectivity index (χ0n) is 12.0. The lowest BCUT2D eigenvalue weighted by Crippen LogP contribution is -2.37. The van der Waals surface area contributed by atoms with Crippen molar-refractivity contribution in [3.8, 4) is 0 Å². The van der Waals surface area contributed by atoms with E-state index in [0.29, 0.717) is 12.1 Å². The number of hydrogen-bond acceptors (Lipinski definition) is 2. The second-order valence-electron chi connectivity index (χ2n) is 5.31. The Labute approximate surface area is 108 Å². The van der Waals surface area contributed by atoms with E-state index in [1.165, 1.54) is 44.9 Å². The van der Waals surface area contributed by atoms with Gasteiger partial charge in [0.25, 0.3) is 0 Å². The van der Waals surface area contributed by atoms with E-state index in [4.69, 9.17) is 4.74 Å². The maximum absolute atomic E-state index is 5.83. The highest BCUT2D eigenvalue weighted by Gasteiger charge is 2.20. The summed E-state index contributed by atoms with van der Waals surface area (Å²) < 4.78 is 5.83. The van der Waals surface area contributed by atoms with Crippen molar-refractivity contribution in [3.05, 3.63) is 0 Å². The van der Waals surface area contributed by atoms with Crippen LogP contribution < -0.4 is 5.32 Å². The Balaban J connectivity index is 2.31. The Morgan fingerprint density at radius 3 is 2.47 bits per heavy atom. The molecule has 1 aliphatic heterocycles. The summed E-state index contributed by atoms with van der Waals surface area (Å²) in [6.07, 6.45) is 9.56. The maximum Gasteiger partial charge on any atom is 0.0575 e. The summed E-state index contributed by atoms with van der Waals surface area (Å²) in [5.74, 6) is 0.832. The summed E-state index contributed by atoms with van der Waals surface area (Å²) in [5.41, 5.74) is 0. The number of nitrogens with one attached hydrogen (secondary N) is 1. The van der Waals surface area contributed by atoms with E-state index in [0.717, 1.165) is 19.1 Å². The van der Waals surface area contributed by atoms with Crippen LogP contribution in [0.3, 0.4) is 0 Å². The van der Waals surface area contributed by atoms with Crippen LogP contribution in [0.25, 0.3) is 0 Å². The molecule has 1 N–H and O–H groups in total. The summed E-state index contributed by atoms with van der Waals surface area (Å²) >= 11 is 0. The summed E-state index contributed by atoms with van der Waals surface area (Å²) in [4.78, 5) is 0. The molecule has 17 heavy (non-hydrogen) atoms. The molecule has 0 aromatic rings. The monoisotopic (exact) mass is 241 g/mol. The van der Waals surface area contributed by atoms with E-state index in [2.05, 4.69) is 26.1 Å². The molecule has 0 amide bonds. The van der Waals surface area contributed by atoms with Crippen molar-refractivity contribution in [1.82, 2.24) is 5.32 Å². The van der Waals surface area contributed by atoms with Gasteiger partial charge in [-0.1, -0.05) is 33.6 Å². The topological polar surface area (TPSA) is 21.3 Å². The zero-order chi connectivity index (χ0) is 12.5. The third kappa shape index (κ3) is 5.39. The van der Waals surface area contributed by atoms with Crippen molar-refractivity contribution in [3.63, 3.8) is 0 Å². The lowest BCUT2D eigenvalue weighted by Gasteiger charge is -2.29. The van der Waals surface area contributed by atoms with E-state index in [1.54, 1.807) is 0 Å². The van der Waals surface area contributed by atoms with Crippen molar-refractivity contribution in [2.45, 2.75) is 77.9 Å². The highest BCUT2D eigenvalue weighted by atomic mass is 16.5. The molecule has 2 atom stereocenters. The van der Waals surface area contributed by atoms with Crippen molar-refractivity contribution in [2.75, 3.05) is 13.2 Å². The van der Waals surface area contributed by atoms with E-state index >= 15 is 0 Å². The Morgan fingerprint density at radius 2 is 1.94 bits per heavy atom. The van der Waals surface area contributed by atoms with Crippen LogP contribution in [-0.4, -0.2) is 25.3 Å². The molecule has 1 saturated heterocycles. The molecule has 1 heterocycles. The molecule has 0 aliphatic carbocycles. The summed E-state index contributed by atoms with van der Waals surface area (Å²) in [7, 11) is 0. The fraction of sp³-hybridized carbons (Fsp3) is 1.00. The largest absolute Gasteiger partial charge is 0.378 e. The first-order valence-electron chi connectivity index (χ1n) is 7.66. The van der Waals surface area contributed by atoms with Gasteiger partial charge >= 0.3 is 0 Å². The molecule has 1 fully saturated rings. The summed E-state index contributed by atoms with van der Waals surface area (Å²) in [6.45, 7) is 8.92. The molecule has 0 bridgehead atoms. The number of rotatable bonds is 8. The van der Waals surface area contributed by atoms with E-state index in [1.807, 2.05) is 0 Å². The third-order valence-corrected chi connectivity index (χ3v) is 4.16. The molecule has 1 aliphatic rings. The molecular weight excluding hydrogens is 210 g/mol. The molecule has 1 rings (SSSR count). The van der Waals surface area contributed by atoms with Crippen LogP contribution in [0.15, 0.2) is 0 Å². The highest BCUT2D eigenvalue weighted by molar-refractivity contribution is 4.76. The van der Waals surface area contributed by atoms with Crippen molar-refractivity contribution in [1.29, 1.82) is 0 Å². The van der Waals surface area contributed by atoms with Gasteiger partial charge in [-0.2, -0.15) is 0 Å². The lowest BCUT2D eigenvalue weighted by atomic mass is 9.89. The third-order valence-electron chi connectivity index (χ3n) is 4.16. The Bertz CT molecular complexity index is 174. The van der Waals surface area contributed by atoms with Gasteiger partial charge in [-0.3, -0.25) is 0 Å². The predicted molar refractivity (Wildman–Crippen MR) is 74.4 cm³/mol. The average Bonchev–Trinajstić information content (AvgIpc) is 2.38. The fourth-order valence-corrected chi connectivity index (χ4v) is 3.02. The van der Waals surface area contributed by atoms with Crippen LogP contribution in [0.4, 0.5) is 0 Å². The second kappa shape index (κ2) is 8.93. The highest BCUT2D eigenvalue weighted by Crippen LogP contribution is 2.22. The van der Waals surface area contributed by atoms with Gasteiger partial charge in [0.2, 0.25) is 0 Å². The molecule has 2 nitrogen and oxygen atoms in total. The van der Waals surface area contributed by atoms with Gasteiger partial charge in [0, 0.05) is 12.6 Å². The molecule has 0 aromatic carbocycles. The molecule has 2 unspecified atom stereocenters. The van der Waals surface area contributed by atoms with Gasteiger partial charge in [0.15, 0.2) is 0 Å². The molecule has 2 heteroatoms. The summed E-state index contributed by atoms with van der Waals surface area (Å²) in [6, 6.07) is 0.695. The first-order valence-corrected chi connectivity index (χ1v) is 7.66. The Morgan fingerprint density at radius 1 is 1.18 bits per heavy atom. The number of ether oxygens (including phenoxy) is 1.